The summed E-state index contributed by atoms with van der Waals surface area (Å²) >= 11 is 1.97. The largest absolute Gasteiger partial charge is 0.383 e. The Hall–Kier alpha value is -0.580. The van der Waals surface area contributed by atoms with E-state index in [0.717, 1.165) is 43.9 Å². The van der Waals surface area contributed by atoms with Crippen molar-refractivity contribution in [2.24, 2.45) is 5.92 Å². The van der Waals surface area contributed by atoms with Gasteiger partial charge in [-0.1, -0.05) is 19.1 Å². The first-order chi connectivity index (χ1) is 9.76. The molecule has 2 nitrogen and oxygen atoms in total. The normalized spacial score (nSPS) is 12.6. The Morgan fingerprint density at radius 2 is 2.25 bits per heavy atom. The summed E-state index contributed by atoms with van der Waals surface area (Å²) in [6.07, 6.45) is 2.09. The first kappa shape index (κ1) is 17.5. The minimum absolute atomic E-state index is 0.142. The molecule has 0 amide bonds. The van der Waals surface area contributed by atoms with Crippen LogP contribution in [0.4, 0.5) is 4.39 Å². The van der Waals surface area contributed by atoms with E-state index in [0.29, 0.717) is 5.92 Å². The highest BCUT2D eigenvalue weighted by molar-refractivity contribution is 7.99. The van der Waals surface area contributed by atoms with Crippen LogP contribution in [0.3, 0.4) is 0 Å². The van der Waals surface area contributed by atoms with Crippen LogP contribution in [0, 0.1) is 11.7 Å². The lowest BCUT2D eigenvalue weighted by atomic mass is 9.96. The third kappa shape index (κ3) is 7.88. The van der Waals surface area contributed by atoms with Gasteiger partial charge >= 0.3 is 0 Å². The van der Waals surface area contributed by atoms with Gasteiger partial charge in [-0.3, -0.25) is 0 Å². The minimum Gasteiger partial charge on any atom is -0.383 e. The van der Waals surface area contributed by atoms with E-state index >= 15 is 0 Å². The third-order valence-electron chi connectivity index (χ3n) is 3.20. The van der Waals surface area contributed by atoms with E-state index < -0.39 is 0 Å². The Morgan fingerprint density at radius 3 is 2.95 bits per heavy atom. The van der Waals surface area contributed by atoms with Gasteiger partial charge in [-0.15, -0.1) is 0 Å². The molecule has 0 aromatic heterocycles. The molecule has 1 atom stereocenters. The molecule has 1 aromatic carbocycles. The molecule has 0 bridgehead atoms. The fraction of sp³-hybridized carbons (Fsp3) is 0.625. The van der Waals surface area contributed by atoms with Crippen LogP contribution in [0.5, 0.6) is 0 Å². The van der Waals surface area contributed by atoms with Crippen molar-refractivity contribution in [2.45, 2.75) is 19.8 Å². The highest BCUT2D eigenvalue weighted by Crippen LogP contribution is 2.16. The summed E-state index contributed by atoms with van der Waals surface area (Å²) < 4.78 is 18.3. The first-order valence-electron chi connectivity index (χ1n) is 7.28. The Labute approximate surface area is 126 Å². The average molecular weight is 299 g/mol. The molecule has 4 heteroatoms. The number of thioether (sulfide) groups is 1. The minimum atomic E-state index is -0.142. The molecule has 0 aliphatic rings. The zero-order chi connectivity index (χ0) is 14.6. The van der Waals surface area contributed by atoms with E-state index in [1.54, 1.807) is 19.2 Å². The van der Waals surface area contributed by atoms with E-state index in [4.69, 9.17) is 4.74 Å². The first-order valence-corrected chi connectivity index (χ1v) is 8.43. The molecule has 0 saturated heterocycles. The van der Waals surface area contributed by atoms with Crippen LogP contribution in [0.2, 0.25) is 0 Å². The van der Waals surface area contributed by atoms with Crippen molar-refractivity contribution in [2.75, 3.05) is 38.3 Å². The lowest BCUT2D eigenvalue weighted by Crippen LogP contribution is -2.27. The maximum atomic E-state index is 13.2. The molecule has 0 saturated carbocycles. The van der Waals surface area contributed by atoms with Gasteiger partial charge in [0.25, 0.3) is 0 Å². The Balaban J connectivity index is 2.43. The molecule has 0 radical (unpaired) electrons. The summed E-state index contributed by atoms with van der Waals surface area (Å²) in [6.45, 7) is 4.75. The standard InChI is InChI=1S/C16H26FNOS/c1-3-20-10-7-15(13-18-8-9-19-2)11-14-5-4-6-16(17)12-14/h4-6,12,15,18H,3,7-11,13H2,1-2H3. The van der Waals surface area contributed by atoms with Crippen LogP contribution in [0.1, 0.15) is 18.9 Å². The summed E-state index contributed by atoms with van der Waals surface area (Å²) in [5.41, 5.74) is 1.09. The van der Waals surface area contributed by atoms with Crippen molar-refractivity contribution in [1.82, 2.24) is 5.32 Å². The predicted octanol–water partition coefficient (Wildman–Crippen LogP) is 3.36. The van der Waals surface area contributed by atoms with Crippen molar-refractivity contribution >= 4 is 11.8 Å². The summed E-state index contributed by atoms with van der Waals surface area (Å²) in [4.78, 5) is 0. The van der Waals surface area contributed by atoms with Gasteiger partial charge in [0.2, 0.25) is 0 Å². The summed E-state index contributed by atoms with van der Waals surface area (Å²) in [6, 6.07) is 6.95. The van der Waals surface area contributed by atoms with Crippen molar-refractivity contribution in [3.05, 3.63) is 35.6 Å². The molecule has 1 unspecified atom stereocenters. The van der Waals surface area contributed by atoms with Crippen LogP contribution >= 0.6 is 11.8 Å². The van der Waals surface area contributed by atoms with E-state index in [9.17, 15) is 4.39 Å². The van der Waals surface area contributed by atoms with Crippen LogP contribution in [-0.4, -0.2) is 38.3 Å². The van der Waals surface area contributed by atoms with E-state index in [1.807, 2.05) is 17.8 Å². The van der Waals surface area contributed by atoms with E-state index in [-0.39, 0.29) is 5.82 Å². The molecule has 0 heterocycles. The number of nitrogens with one attached hydrogen (secondary N) is 1. The highest BCUT2D eigenvalue weighted by atomic mass is 32.2. The van der Waals surface area contributed by atoms with Gasteiger partial charge in [-0.2, -0.15) is 11.8 Å². The number of hydrogen-bond acceptors (Lipinski definition) is 3. The van der Waals surface area contributed by atoms with Gasteiger partial charge in [0.15, 0.2) is 0 Å². The molecule has 114 valence electrons. The number of rotatable bonds is 11. The van der Waals surface area contributed by atoms with Gasteiger partial charge in [-0.25, -0.2) is 4.39 Å². The Kier molecular flexibility index (Phi) is 9.71. The highest BCUT2D eigenvalue weighted by Gasteiger charge is 2.10. The third-order valence-corrected chi connectivity index (χ3v) is 4.14. The number of ether oxygens (including phenoxy) is 1. The van der Waals surface area contributed by atoms with Crippen molar-refractivity contribution in [3.63, 3.8) is 0 Å². The van der Waals surface area contributed by atoms with Gasteiger partial charge in [0.05, 0.1) is 6.61 Å². The summed E-state index contributed by atoms with van der Waals surface area (Å²) in [7, 11) is 1.71. The van der Waals surface area contributed by atoms with Crippen LogP contribution in [-0.2, 0) is 11.2 Å². The summed E-state index contributed by atoms with van der Waals surface area (Å²) in [5.74, 6) is 2.73. The number of halogens is 1. The maximum Gasteiger partial charge on any atom is 0.123 e. The summed E-state index contributed by atoms with van der Waals surface area (Å²) in [5, 5.41) is 3.42. The molecule has 1 rings (SSSR count). The van der Waals surface area contributed by atoms with Gasteiger partial charge in [0.1, 0.15) is 5.82 Å². The zero-order valence-electron chi connectivity index (χ0n) is 12.5. The predicted molar refractivity (Wildman–Crippen MR) is 86.0 cm³/mol. The van der Waals surface area contributed by atoms with Crippen molar-refractivity contribution in [3.8, 4) is 0 Å². The van der Waals surface area contributed by atoms with Crippen molar-refractivity contribution < 1.29 is 9.13 Å². The number of benzene rings is 1. The quantitative estimate of drug-likeness (QED) is 0.633. The Bertz CT molecular complexity index is 362. The average Bonchev–Trinajstić information content (AvgIpc) is 2.43. The van der Waals surface area contributed by atoms with Gasteiger partial charge < -0.3 is 10.1 Å². The molecule has 20 heavy (non-hydrogen) atoms. The lowest BCUT2D eigenvalue weighted by molar-refractivity contribution is 0.197. The second kappa shape index (κ2) is 11.1. The maximum absolute atomic E-state index is 13.2. The zero-order valence-corrected chi connectivity index (χ0v) is 13.3. The number of methoxy groups -OCH3 is 1. The smallest absolute Gasteiger partial charge is 0.123 e. The second-order valence-electron chi connectivity index (χ2n) is 4.88. The van der Waals surface area contributed by atoms with E-state index in [1.165, 1.54) is 11.8 Å². The Morgan fingerprint density at radius 1 is 1.40 bits per heavy atom. The molecule has 0 aliphatic heterocycles. The topological polar surface area (TPSA) is 21.3 Å². The van der Waals surface area contributed by atoms with E-state index in [2.05, 4.69) is 12.2 Å². The number of hydrogen-bond donors (Lipinski definition) is 1. The SMILES string of the molecule is CCSCCC(CNCCOC)Cc1cccc(F)c1. The molecular weight excluding hydrogens is 273 g/mol. The molecule has 1 N–H and O–H groups in total. The molecule has 0 fully saturated rings. The van der Waals surface area contributed by atoms with Crippen LogP contribution < -0.4 is 5.32 Å². The van der Waals surface area contributed by atoms with Gasteiger partial charge in [0, 0.05) is 13.7 Å². The van der Waals surface area contributed by atoms with Crippen molar-refractivity contribution in [1.29, 1.82) is 0 Å². The monoisotopic (exact) mass is 299 g/mol. The van der Waals surface area contributed by atoms with Gasteiger partial charge in [-0.05, 0) is 54.5 Å². The van der Waals surface area contributed by atoms with Crippen LogP contribution in [0.15, 0.2) is 24.3 Å². The van der Waals surface area contributed by atoms with Crippen LogP contribution in [0.25, 0.3) is 0 Å². The molecule has 0 aliphatic carbocycles. The fourth-order valence-electron chi connectivity index (χ4n) is 2.15. The second-order valence-corrected chi connectivity index (χ2v) is 6.28. The lowest BCUT2D eigenvalue weighted by Gasteiger charge is -2.17. The molecular formula is C16H26FNOS. The fourth-order valence-corrected chi connectivity index (χ4v) is 2.94. The molecule has 1 aromatic rings. The molecule has 0 spiro atoms.